The number of nitrogens with one attached hydrogen (secondary N) is 2. The third-order valence-electron chi connectivity index (χ3n) is 5.02. The average molecular weight is 475 g/mol. The lowest BCUT2D eigenvalue weighted by Gasteiger charge is -2.42. The lowest BCUT2D eigenvalue weighted by Crippen LogP contribution is -2.48. The van der Waals surface area contributed by atoms with E-state index in [4.69, 9.17) is 9.47 Å². The molecule has 148 valence electrons. The van der Waals surface area contributed by atoms with Gasteiger partial charge in [-0.25, -0.2) is 0 Å². The minimum absolute atomic E-state index is 0. The maximum Gasteiger partial charge on any atom is 0.191 e. The summed E-state index contributed by atoms with van der Waals surface area (Å²) in [5, 5.41) is 6.84. The lowest BCUT2D eigenvalue weighted by atomic mass is 9.67. The van der Waals surface area contributed by atoms with Gasteiger partial charge in [0.15, 0.2) is 5.96 Å². The minimum atomic E-state index is 0. The van der Waals surface area contributed by atoms with Gasteiger partial charge >= 0.3 is 0 Å². The Labute approximate surface area is 175 Å². The number of ether oxygens (including phenoxy) is 2. The monoisotopic (exact) mass is 475 g/mol. The summed E-state index contributed by atoms with van der Waals surface area (Å²) >= 11 is 0. The minimum Gasteiger partial charge on any atom is -0.489 e. The van der Waals surface area contributed by atoms with Gasteiger partial charge in [0.05, 0.1) is 6.54 Å². The highest BCUT2D eigenvalue weighted by Gasteiger charge is 2.36. The quantitative estimate of drug-likeness (QED) is 0.325. The van der Waals surface area contributed by atoms with Crippen LogP contribution >= 0.6 is 24.0 Å². The summed E-state index contributed by atoms with van der Waals surface area (Å²) in [6.45, 7) is 6.62. The van der Waals surface area contributed by atoms with Gasteiger partial charge in [0, 0.05) is 27.3 Å². The predicted molar refractivity (Wildman–Crippen MR) is 119 cm³/mol. The first-order valence-electron chi connectivity index (χ1n) is 9.24. The third-order valence-corrected chi connectivity index (χ3v) is 5.02. The van der Waals surface area contributed by atoms with Crippen LogP contribution in [0, 0.1) is 12.3 Å². The Balaban J connectivity index is 0.00000338. The van der Waals surface area contributed by atoms with Crippen molar-refractivity contribution in [3.05, 3.63) is 29.8 Å². The number of hydrogen-bond acceptors (Lipinski definition) is 3. The smallest absolute Gasteiger partial charge is 0.191 e. The molecule has 1 atom stereocenters. The van der Waals surface area contributed by atoms with Gasteiger partial charge in [0.2, 0.25) is 0 Å². The van der Waals surface area contributed by atoms with E-state index in [1.165, 1.54) is 24.8 Å². The second-order valence-corrected chi connectivity index (χ2v) is 7.14. The Morgan fingerprint density at radius 3 is 2.46 bits per heavy atom. The van der Waals surface area contributed by atoms with E-state index in [-0.39, 0.29) is 30.1 Å². The topological polar surface area (TPSA) is 54.9 Å². The molecule has 26 heavy (non-hydrogen) atoms. The van der Waals surface area contributed by atoms with Crippen LogP contribution in [0.15, 0.2) is 29.3 Å². The molecule has 2 N–H and O–H groups in total. The summed E-state index contributed by atoms with van der Waals surface area (Å²) in [6.07, 6.45) is 5.03. The van der Waals surface area contributed by atoms with Gasteiger partial charge in [0.1, 0.15) is 11.9 Å². The second kappa shape index (κ2) is 11.6. The summed E-state index contributed by atoms with van der Waals surface area (Å²) < 4.78 is 11.2. The maximum atomic E-state index is 5.93. The van der Waals surface area contributed by atoms with Crippen LogP contribution in [0.25, 0.3) is 0 Å². The Hall–Kier alpha value is -1.02. The third kappa shape index (κ3) is 7.31. The van der Waals surface area contributed by atoms with E-state index in [0.717, 1.165) is 31.3 Å². The van der Waals surface area contributed by atoms with Crippen molar-refractivity contribution in [2.45, 2.75) is 45.6 Å². The van der Waals surface area contributed by atoms with Gasteiger partial charge in [-0.05, 0) is 50.7 Å². The molecule has 1 aliphatic rings. The van der Waals surface area contributed by atoms with Crippen LogP contribution in [0.1, 0.15) is 38.2 Å². The van der Waals surface area contributed by atoms with E-state index >= 15 is 0 Å². The summed E-state index contributed by atoms with van der Waals surface area (Å²) in [6, 6.07) is 8.15. The Bertz CT molecular complexity index is 544. The first kappa shape index (κ1) is 23.0. The number of aliphatic imine (C=N–C) groups is 1. The van der Waals surface area contributed by atoms with E-state index in [9.17, 15) is 0 Å². The second-order valence-electron chi connectivity index (χ2n) is 7.14. The molecule has 1 aromatic rings. The van der Waals surface area contributed by atoms with Crippen molar-refractivity contribution in [2.75, 3.05) is 33.9 Å². The molecule has 1 aromatic carbocycles. The molecule has 0 amide bonds. The van der Waals surface area contributed by atoms with E-state index in [1.807, 2.05) is 19.2 Å². The number of nitrogens with zero attached hydrogens (tertiary/aromatic N) is 1. The SMILES string of the molecule is CN=C(NCC(C)Oc1ccc(C)cc1)NCC1(CCOC)CCC1.I. The highest BCUT2D eigenvalue weighted by Crippen LogP contribution is 2.43. The summed E-state index contributed by atoms with van der Waals surface area (Å²) in [4.78, 5) is 4.33. The van der Waals surface area contributed by atoms with Crippen LogP contribution in [0.3, 0.4) is 0 Å². The number of guanidine groups is 1. The van der Waals surface area contributed by atoms with Gasteiger partial charge in [-0.2, -0.15) is 0 Å². The standard InChI is InChI=1S/C20H33N3O2.HI/c1-16-6-8-18(9-7-16)25-17(2)14-22-19(21-3)23-15-20(10-5-11-20)12-13-24-4;/h6-9,17H,5,10-15H2,1-4H3,(H2,21,22,23);1H. The van der Waals surface area contributed by atoms with Gasteiger partial charge in [-0.3, -0.25) is 4.99 Å². The van der Waals surface area contributed by atoms with E-state index in [2.05, 4.69) is 41.6 Å². The average Bonchev–Trinajstić information content (AvgIpc) is 2.58. The zero-order valence-electron chi connectivity index (χ0n) is 16.5. The zero-order chi connectivity index (χ0) is 18.1. The summed E-state index contributed by atoms with van der Waals surface area (Å²) in [5.41, 5.74) is 1.61. The molecule has 0 heterocycles. The molecule has 0 radical (unpaired) electrons. The van der Waals surface area contributed by atoms with Crippen LogP contribution in [-0.2, 0) is 4.74 Å². The molecule has 1 saturated carbocycles. The molecule has 1 unspecified atom stereocenters. The largest absolute Gasteiger partial charge is 0.489 e. The van der Waals surface area contributed by atoms with E-state index in [0.29, 0.717) is 12.0 Å². The van der Waals surface area contributed by atoms with Crippen LogP contribution in [0.2, 0.25) is 0 Å². The van der Waals surface area contributed by atoms with E-state index in [1.54, 1.807) is 7.11 Å². The van der Waals surface area contributed by atoms with Gasteiger partial charge < -0.3 is 20.1 Å². The van der Waals surface area contributed by atoms with Crippen molar-refractivity contribution < 1.29 is 9.47 Å². The van der Waals surface area contributed by atoms with Crippen molar-refractivity contribution >= 4 is 29.9 Å². The first-order chi connectivity index (χ1) is 12.1. The van der Waals surface area contributed by atoms with Crippen molar-refractivity contribution in [2.24, 2.45) is 10.4 Å². The van der Waals surface area contributed by atoms with Crippen LogP contribution in [0.4, 0.5) is 0 Å². The fourth-order valence-corrected chi connectivity index (χ4v) is 3.13. The van der Waals surface area contributed by atoms with Gasteiger partial charge in [-0.1, -0.05) is 24.1 Å². The molecule has 0 spiro atoms. The van der Waals surface area contributed by atoms with Crippen LogP contribution < -0.4 is 15.4 Å². The predicted octanol–water partition coefficient (Wildman–Crippen LogP) is 3.75. The maximum absolute atomic E-state index is 5.93. The van der Waals surface area contributed by atoms with E-state index < -0.39 is 0 Å². The molecule has 2 rings (SSSR count). The fraction of sp³-hybridized carbons (Fsp3) is 0.650. The summed E-state index contributed by atoms with van der Waals surface area (Å²) in [5.74, 6) is 1.74. The number of aryl methyl sites for hydroxylation is 1. The lowest BCUT2D eigenvalue weighted by molar-refractivity contribution is 0.0732. The normalized spacial score (nSPS) is 16.8. The Kier molecular flexibility index (Phi) is 10.3. The van der Waals surface area contributed by atoms with Crippen molar-refractivity contribution in [3.8, 4) is 5.75 Å². The van der Waals surface area contributed by atoms with Crippen molar-refractivity contribution in [1.29, 1.82) is 0 Å². The number of halogens is 1. The molecule has 1 aliphatic carbocycles. The van der Waals surface area contributed by atoms with Gasteiger partial charge in [0.25, 0.3) is 0 Å². The highest BCUT2D eigenvalue weighted by atomic mass is 127. The number of hydrogen-bond donors (Lipinski definition) is 2. The number of benzene rings is 1. The molecule has 1 fully saturated rings. The molecule has 0 bridgehead atoms. The molecule has 0 aromatic heterocycles. The number of methoxy groups -OCH3 is 1. The molecular weight excluding hydrogens is 441 g/mol. The molecule has 0 aliphatic heterocycles. The van der Waals surface area contributed by atoms with Gasteiger partial charge in [-0.15, -0.1) is 24.0 Å². The zero-order valence-corrected chi connectivity index (χ0v) is 18.8. The van der Waals surface area contributed by atoms with Crippen LogP contribution in [0.5, 0.6) is 5.75 Å². The first-order valence-corrected chi connectivity index (χ1v) is 9.24. The fourth-order valence-electron chi connectivity index (χ4n) is 3.13. The van der Waals surface area contributed by atoms with Crippen molar-refractivity contribution in [1.82, 2.24) is 10.6 Å². The molecular formula is C20H34IN3O2. The highest BCUT2D eigenvalue weighted by molar-refractivity contribution is 14.0. The summed E-state index contributed by atoms with van der Waals surface area (Å²) in [7, 11) is 3.58. The molecule has 6 heteroatoms. The molecule has 5 nitrogen and oxygen atoms in total. The number of rotatable bonds is 9. The van der Waals surface area contributed by atoms with Crippen molar-refractivity contribution in [3.63, 3.8) is 0 Å². The van der Waals surface area contributed by atoms with Crippen LogP contribution in [-0.4, -0.2) is 45.9 Å². The Morgan fingerprint density at radius 2 is 1.92 bits per heavy atom. The molecule has 0 saturated heterocycles. The Morgan fingerprint density at radius 1 is 1.23 bits per heavy atom.